The van der Waals surface area contributed by atoms with Crippen molar-refractivity contribution < 1.29 is 19.2 Å². The van der Waals surface area contributed by atoms with Gasteiger partial charge in [-0.25, -0.2) is 0 Å². The second-order valence-corrected chi connectivity index (χ2v) is 5.84. The van der Waals surface area contributed by atoms with Gasteiger partial charge in [-0.15, -0.1) is 0 Å². The molecule has 3 rings (SSSR count). The van der Waals surface area contributed by atoms with Crippen molar-refractivity contribution in [2.75, 3.05) is 13.7 Å². The molecule has 7 heteroatoms. The summed E-state index contributed by atoms with van der Waals surface area (Å²) in [4.78, 5) is 22.3. The fraction of sp³-hybridized carbons (Fsp3) is 0.150. The van der Waals surface area contributed by atoms with Crippen LogP contribution in [0.1, 0.15) is 5.56 Å². The minimum absolute atomic E-state index is 0.0778. The van der Waals surface area contributed by atoms with E-state index in [9.17, 15) is 14.9 Å². The first-order valence-electron chi connectivity index (χ1n) is 8.26. The number of hydrogen-bond donors (Lipinski definition) is 1. The number of methoxy groups -OCH3 is 1. The van der Waals surface area contributed by atoms with Gasteiger partial charge in [0, 0.05) is 18.7 Å². The summed E-state index contributed by atoms with van der Waals surface area (Å²) in [7, 11) is 1.34. The van der Waals surface area contributed by atoms with Gasteiger partial charge in [0.25, 0.3) is 5.91 Å². The molecule has 27 heavy (non-hydrogen) atoms. The molecular weight excluding hydrogens is 348 g/mol. The van der Waals surface area contributed by atoms with Crippen molar-refractivity contribution in [3.8, 4) is 11.5 Å². The molecule has 1 N–H and O–H groups in total. The van der Waals surface area contributed by atoms with Crippen molar-refractivity contribution >= 4 is 22.4 Å². The number of nitrogens with one attached hydrogen (secondary N) is 1. The smallest absolute Gasteiger partial charge is 0.311 e. The number of rotatable bonds is 7. The summed E-state index contributed by atoms with van der Waals surface area (Å²) in [6.07, 6.45) is 0. The maximum absolute atomic E-state index is 12.0. The monoisotopic (exact) mass is 366 g/mol. The first-order valence-corrected chi connectivity index (χ1v) is 8.26. The van der Waals surface area contributed by atoms with Crippen molar-refractivity contribution in [2.45, 2.75) is 6.54 Å². The van der Waals surface area contributed by atoms with Gasteiger partial charge in [-0.1, -0.05) is 36.4 Å². The second-order valence-electron chi connectivity index (χ2n) is 5.84. The van der Waals surface area contributed by atoms with Gasteiger partial charge in [-0.2, -0.15) is 0 Å². The highest BCUT2D eigenvalue weighted by Gasteiger charge is 2.15. The van der Waals surface area contributed by atoms with Gasteiger partial charge in [0.05, 0.1) is 12.0 Å². The number of nitro benzene ring substituents is 1. The number of ether oxygens (including phenoxy) is 2. The average Bonchev–Trinajstić information content (AvgIpc) is 2.70. The third-order valence-corrected chi connectivity index (χ3v) is 4.02. The molecule has 0 spiro atoms. The first-order chi connectivity index (χ1) is 13.1. The summed E-state index contributed by atoms with van der Waals surface area (Å²) in [5, 5.41) is 15.9. The Kier molecular flexibility index (Phi) is 5.51. The maximum Gasteiger partial charge on any atom is 0.311 e. The Bertz CT molecular complexity index is 987. The lowest BCUT2D eigenvalue weighted by Crippen LogP contribution is -2.28. The van der Waals surface area contributed by atoms with E-state index >= 15 is 0 Å². The van der Waals surface area contributed by atoms with Crippen molar-refractivity contribution in [3.05, 3.63) is 76.3 Å². The number of nitrogens with zero attached hydrogens (tertiary/aromatic N) is 1. The van der Waals surface area contributed by atoms with E-state index in [2.05, 4.69) is 5.32 Å². The van der Waals surface area contributed by atoms with Gasteiger partial charge in [0.2, 0.25) is 5.75 Å². The number of benzene rings is 3. The third kappa shape index (κ3) is 4.52. The molecule has 0 atom stereocenters. The Labute approximate surface area is 155 Å². The molecule has 3 aromatic carbocycles. The van der Waals surface area contributed by atoms with Gasteiger partial charge in [0.1, 0.15) is 5.75 Å². The van der Waals surface area contributed by atoms with Crippen LogP contribution in [-0.4, -0.2) is 24.5 Å². The minimum Gasteiger partial charge on any atom is -0.490 e. The number of carbonyl (C=O) groups is 1. The van der Waals surface area contributed by atoms with Crippen LogP contribution in [0, 0.1) is 10.1 Å². The van der Waals surface area contributed by atoms with Crippen LogP contribution in [0.3, 0.4) is 0 Å². The fourth-order valence-electron chi connectivity index (χ4n) is 2.65. The molecule has 0 radical (unpaired) electrons. The van der Waals surface area contributed by atoms with Gasteiger partial charge in [0.15, 0.2) is 6.61 Å². The van der Waals surface area contributed by atoms with Gasteiger partial charge in [-0.05, 0) is 28.5 Å². The van der Waals surface area contributed by atoms with Crippen LogP contribution in [-0.2, 0) is 11.3 Å². The minimum atomic E-state index is -0.543. The first kappa shape index (κ1) is 18.2. The van der Waals surface area contributed by atoms with E-state index in [4.69, 9.17) is 9.47 Å². The van der Waals surface area contributed by atoms with Gasteiger partial charge < -0.3 is 14.8 Å². The van der Waals surface area contributed by atoms with Crippen LogP contribution in [0.2, 0.25) is 0 Å². The van der Waals surface area contributed by atoms with E-state index in [0.717, 1.165) is 16.3 Å². The van der Waals surface area contributed by atoms with E-state index in [1.54, 1.807) is 0 Å². The summed E-state index contributed by atoms with van der Waals surface area (Å²) in [6.45, 7) is 0.186. The topological polar surface area (TPSA) is 90.7 Å². The Morgan fingerprint density at radius 2 is 1.85 bits per heavy atom. The van der Waals surface area contributed by atoms with Gasteiger partial charge >= 0.3 is 5.69 Å². The molecule has 138 valence electrons. The van der Waals surface area contributed by atoms with Crippen molar-refractivity contribution in [1.82, 2.24) is 5.32 Å². The second kappa shape index (κ2) is 8.18. The van der Waals surface area contributed by atoms with E-state index in [1.165, 1.54) is 25.3 Å². The highest BCUT2D eigenvalue weighted by molar-refractivity contribution is 5.83. The van der Waals surface area contributed by atoms with Crippen LogP contribution >= 0.6 is 0 Å². The fourth-order valence-corrected chi connectivity index (χ4v) is 2.65. The quantitative estimate of drug-likeness (QED) is 0.511. The maximum atomic E-state index is 12.0. The Morgan fingerprint density at radius 3 is 2.59 bits per heavy atom. The Morgan fingerprint density at radius 1 is 1.07 bits per heavy atom. The van der Waals surface area contributed by atoms with E-state index < -0.39 is 4.92 Å². The predicted octanol–water partition coefficient (Wildman–Crippen LogP) is 3.45. The molecule has 3 aromatic rings. The molecule has 0 saturated carbocycles. The standard InChI is InChI=1S/C20H18N2O5/c1-26-19-11-17(8-9-18(19)22(24)25)27-13-20(23)21-12-14-6-7-15-4-2-3-5-16(15)10-14/h2-11H,12-13H2,1H3,(H,21,23). The number of carbonyl (C=O) groups excluding carboxylic acids is 1. The van der Waals surface area contributed by atoms with Crippen molar-refractivity contribution in [3.63, 3.8) is 0 Å². The normalized spacial score (nSPS) is 10.4. The number of fused-ring (bicyclic) bond motifs is 1. The van der Waals surface area contributed by atoms with Crippen LogP contribution in [0.4, 0.5) is 5.69 Å². The molecule has 0 aromatic heterocycles. The van der Waals surface area contributed by atoms with Crippen LogP contribution in [0.5, 0.6) is 11.5 Å². The molecule has 0 aliphatic carbocycles. The molecule has 0 fully saturated rings. The number of hydrogen-bond acceptors (Lipinski definition) is 5. The molecule has 0 aliphatic heterocycles. The summed E-state index contributed by atoms with van der Waals surface area (Å²) < 4.78 is 10.4. The van der Waals surface area contributed by atoms with Crippen LogP contribution in [0.15, 0.2) is 60.7 Å². The van der Waals surface area contributed by atoms with Crippen LogP contribution < -0.4 is 14.8 Å². The summed E-state index contributed by atoms with van der Waals surface area (Å²) in [5.74, 6) is 0.104. The van der Waals surface area contributed by atoms with Gasteiger partial charge in [-0.3, -0.25) is 14.9 Å². The SMILES string of the molecule is COc1cc(OCC(=O)NCc2ccc3ccccc3c2)ccc1[N+](=O)[O-]. The average molecular weight is 366 g/mol. The summed E-state index contributed by atoms with van der Waals surface area (Å²) in [5.41, 5.74) is 0.824. The lowest BCUT2D eigenvalue weighted by Gasteiger charge is -2.09. The number of amides is 1. The molecule has 0 aliphatic rings. The molecule has 7 nitrogen and oxygen atoms in total. The lowest BCUT2D eigenvalue weighted by molar-refractivity contribution is -0.385. The summed E-state index contributed by atoms with van der Waals surface area (Å²) in [6, 6.07) is 18.1. The Balaban J connectivity index is 1.55. The predicted molar refractivity (Wildman–Crippen MR) is 101 cm³/mol. The highest BCUT2D eigenvalue weighted by atomic mass is 16.6. The molecular formula is C20H18N2O5. The largest absolute Gasteiger partial charge is 0.490 e. The number of nitro groups is 1. The molecule has 0 heterocycles. The molecule has 1 amide bonds. The molecule has 0 unspecified atom stereocenters. The van der Waals surface area contributed by atoms with E-state index in [0.29, 0.717) is 12.3 Å². The lowest BCUT2D eigenvalue weighted by atomic mass is 10.1. The van der Waals surface area contributed by atoms with Crippen molar-refractivity contribution in [2.24, 2.45) is 0 Å². The Hall–Kier alpha value is -3.61. The van der Waals surface area contributed by atoms with Crippen molar-refractivity contribution in [1.29, 1.82) is 0 Å². The molecule has 0 bridgehead atoms. The van der Waals surface area contributed by atoms with Crippen LogP contribution in [0.25, 0.3) is 10.8 Å². The zero-order chi connectivity index (χ0) is 19.2. The third-order valence-electron chi connectivity index (χ3n) is 4.02. The summed E-state index contributed by atoms with van der Waals surface area (Å²) >= 11 is 0. The zero-order valence-corrected chi connectivity index (χ0v) is 14.7. The van der Waals surface area contributed by atoms with E-state index in [-0.39, 0.29) is 24.0 Å². The highest BCUT2D eigenvalue weighted by Crippen LogP contribution is 2.30. The van der Waals surface area contributed by atoms with E-state index in [1.807, 2.05) is 42.5 Å². The molecule has 0 saturated heterocycles. The zero-order valence-electron chi connectivity index (χ0n) is 14.7.